The SMILES string of the molecule is COc1ccc(C(C)=NNC(=O)COc2ccc(-c3ccccc3)cc2)c(OC)c1. The monoisotopic (exact) mass is 404 g/mol. The highest BCUT2D eigenvalue weighted by Gasteiger charge is 2.09. The third-order valence-electron chi connectivity index (χ3n) is 4.48. The maximum absolute atomic E-state index is 12.1. The fraction of sp³-hybridized carbons (Fsp3) is 0.167. The van der Waals surface area contributed by atoms with Gasteiger partial charge in [0.1, 0.15) is 17.2 Å². The molecule has 0 aromatic heterocycles. The molecule has 0 spiro atoms. The van der Waals surface area contributed by atoms with E-state index in [2.05, 4.69) is 10.5 Å². The molecular weight excluding hydrogens is 380 g/mol. The summed E-state index contributed by atoms with van der Waals surface area (Å²) in [5.41, 5.74) is 6.08. The number of carbonyl (C=O) groups is 1. The number of nitrogens with zero attached hydrogens (tertiary/aromatic N) is 1. The van der Waals surface area contributed by atoms with Gasteiger partial charge in [-0.2, -0.15) is 5.10 Å². The van der Waals surface area contributed by atoms with Crippen molar-refractivity contribution in [3.63, 3.8) is 0 Å². The second kappa shape index (κ2) is 10.1. The number of rotatable bonds is 8. The molecule has 0 aliphatic carbocycles. The van der Waals surface area contributed by atoms with Crippen LogP contribution < -0.4 is 19.6 Å². The van der Waals surface area contributed by atoms with E-state index >= 15 is 0 Å². The van der Waals surface area contributed by atoms with Gasteiger partial charge in [-0.3, -0.25) is 4.79 Å². The normalized spacial score (nSPS) is 11.0. The first-order chi connectivity index (χ1) is 14.6. The maximum atomic E-state index is 12.1. The van der Waals surface area contributed by atoms with Crippen LogP contribution in [0.15, 0.2) is 77.9 Å². The van der Waals surface area contributed by atoms with Crippen LogP contribution in [-0.4, -0.2) is 32.4 Å². The minimum absolute atomic E-state index is 0.138. The molecule has 3 rings (SSSR count). The standard InChI is InChI=1S/C24H24N2O4/c1-17(22-14-13-21(28-2)15-23(22)29-3)25-26-24(27)16-30-20-11-9-19(10-12-20)18-7-5-4-6-8-18/h4-15H,16H2,1-3H3,(H,26,27). The van der Waals surface area contributed by atoms with Gasteiger partial charge < -0.3 is 14.2 Å². The van der Waals surface area contributed by atoms with Crippen molar-refractivity contribution in [2.75, 3.05) is 20.8 Å². The van der Waals surface area contributed by atoms with Gasteiger partial charge in [0, 0.05) is 11.6 Å². The molecule has 3 aromatic carbocycles. The highest BCUT2D eigenvalue weighted by atomic mass is 16.5. The Morgan fingerprint density at radius 1 is 0.867 bits per heavy atom. The lowest BCUT2D eigenvalue weighted by atomic mass is 10.1. The number of hydrazone groups is 1. The fourth-order valence-electron chi connectivity index (χ4n) is 2.86. The van der Waals surface area contributed by atoms with Crippen molar-refractivity contribution in [3.05, 3.63) is 78.4 Å². The third-order valence-corrected chi connectivity index (χ3v) is 4.48. The number of carbonyl (C=O) groups excluding carboxylic acids is 1. The molecule has 1 N–H and O–H groups in total. The molecule has 0 aliphatic rings. The van der Waals surface area contributed by atoms with E-state index in [-0.39, 0.29) is 12.5 Å². The molecule has 0 radical (unpaired) electrons. The average molecular weight is 404 g/mol. The van der Waals surface area contributed by atoms with E-state index in [1.54, 1.807) is 33.3 Å². The highest BCUT2D eigenvalue weighted by Crippen LogP contribution is 2.25. The van der Waals surface area contributed by atoms with Crippen molar-refractivity contribution in [2.45, 2.75) is 6.92 Å². The van der Waals surface area contributed by atoms with E-state index in [1.165, 1.54) is 0 Å². The first kappa shape index (κ1) is 20.9. The maximum Gasteiger partial charge on any atom is 0.277 e. The molecule has 0 heterocycles. The van der Waals surface area contributed by atoms with E-state index in [4.69, 9.17) is 14.2 Å². The Morgan fingerprint density at radius 3 is 2.20 bits per heavy atom. The molecule has 0 atom stereocenters. The van der Waals surface area contributed by atoms with Crippen LogP contribution in [0.25, 0.3) is 11.1 Å². The number of hydrogen-bond acceptors (Lipinski definition) is 5. The average Bonchev–Trinajstić information content (AvgIpc) is 2.81. The molecule has 3 aromatic rings. The Labute approximate surface area is 176 Å². The summed E-state index contributed by atoms with van der Waals surface area (Å²) in [5, 5.41) is 4.14. The van der Waals surface area contributed by atoms with Crippen molar-refractivity contribution in [3.8, 4) is 28.4 Å². The summed E-state index contributed by atoms with van der Waals surface area (Å²) < 4.78 is 16.1. The summed E-state index contributed by atoms with van der Waals surface area (Å²) in [6.45, 7) is 1.65. The van der Waals surface area contributed by atoms with Crippen LogP contribution in [0.5, 0.6) is 17.2 Å². The van der Waals surface area contributed by atoms with Gasteiger partial charge in [-0.1, -0.05) is 42.5 Å². The summed E-state index contributed by atoms with van der Waals surface area (Å²) in [6, 6.07) is 23.0. The van der Waals surface area contributed by atoms with Gasteiger partial charge in [-0.05, 0) is 42.3 Å². The van der Waals surface area contributed by atoms with Gasteiger partial charge in [0.05, 0.1) is 19.9 Å². The summed E-state index contributed by atoms with van der Waals surface area (Å²) in [7, 11) is 3.16. The van der Waals surface area contributed by atoms with E-state index in [1.807, 2.05) is 60.7 Å². The number of amides is 1. The molecule has 6 nitrogen and oxygen atoms in total. The van der Waals surface area contributed by atoms with E-state index in [0.717, 1.165) is 16.7 Å². The number of hydrogen-bond donors (Lipinski definition) is 1. The quantitative estimate of drug-likeness (QED) is 0.449. The smallest absolute Gasteiger partial charge is 0.277 e. The first-order valence-corrected chi connectivity index (χ1v) is 9.44. The van der Waals surface area contributed by atoms with Gasteiger partial charge in [0.25, 0.3) is 5.91 Å². The minimum Gasteiger partial charge on any atom is -0.497 e. The Bertz CT molecular complexity index is 1020. The lowest BCUT2D eigenvalue weighted by Crippen LogP contribution is -2.25. The molecule has 0 fully saturated rings. The van der Waals surface area contributed by atoms with Gasteiger partial charge >= 0.3 is 0 Å². The third kappa shape index (κ3) is 5.38. The van der Waals surface area contributed by atoms with Crippen molar-refractivity contribution in [2.24, 2.45) is 5.10 Å². The van der Waals surface area contributed by atoms with Crippen LogP contribution in [0.2, 0.25) is 0 Å². The highest BCUT2D eigenvalue weighted by molar-refractivity contribution is 6.01. The zero-order chi connectivity index (χ0) is 21.3. The predicted octanol–water partition coefficient (Wildman–Crippen LogP) is 4.29. The number of benzene rings is 3. The second-order valence-electron chi connectivity index (χ2n) is 6.48. The summed E-state index contributed by atoms with van der Waals surface area (Å²) in [6.07, 6.45) is 0. The molecule has 0 bridgehead atoms. The molecular formula is C24H24N2O4. The molecule has 0 saturated heterocycles. The summed E-state index contributed by atoms with van der Waals surface area (Å²) in [5.74, 6) is 1.55. The molecule has 30 heavy (non-hydrogen) atoms. The Hall–Kier alpha value is -3.80. The van der Waals surface area contributed by atoms with Crippen LogP contribution in [0.3, 0.4) is 0 Å². The van der Waals surface area contributed by atoms with Gasteiger partial charge in [-0.25, -0.2) is 5.43 Å². The largest absolute Gasteiger partial charge is 0.497 e. The lowest BCUT2D eigenvalue weighted by Gasteiger charge is -2.10. The summed E-state index contributed by atoms with van der Waals surface area (Å²) in [4.78, 5) is 12.1. The summed E-state index contributed by atoms with van der Waals surface area (Å²) >= 11 is 0. The molecule has 0 aliphatic heterocycles. The van der Waals surface area contributed by atoms with Gasteiger partial charge in [-0.15, -0.1) is 0 Å². The Kier molecular flexibility index (Phi) is 7.05. The van der Waals surface area contributed by atoms with E-state index in [0.29, 0.717) is 23.0 Å². The van der Waals surface area contributed by atoms with Gasteiger partial charge in [0.15, 0.2) is 6.61 Å². The topological polar surface area (TPSA) is 69.2 Å². The second-order valence-corrected chi connectivity index (χ2v) is 6.48. The zero-order valence-electron chi connectivity index (χ0n) is 17.2. The molecule has 0 unspecified atom stereocenters. The Morgan fingerprint density at radius 2 is 1.53 bits per heavy atom. The number of methoxy groups -OCH3 is 2. The number of ether oxygens (including phenoxy) is 3. The van der Waals surface area contributed by atoms with Crippen LogP contribution in [0.4, 0.5) is 0 Å². The van der Waals surface area contributed by atoms with Gasteiger partial charge in [0.2, 0.25) is 0 Å². The fourth-order valence-corrected chi connectivity index (χ4v) is 2.86. The molecule has 1 amide bonds. The van der Waals surface area contributed by atoms with Crippen molar-refractivity contribution >= 4 is 11.6 Å². The predicted molar refractivity (Wildman–Crippen MR) is 117 cm³/mol. The van der Waals surface area contributed by atoms with Crippen molar-refractivity contribution < 1.29 is 19.0 Å². The van der Waals surface area contributed by atoms with Crippen LogP contribution in [-0.2, 0) is 4.79 Å². The van der Waals surface area contributed by atoms with Crippen molar-refractivity contribution in [1.82, 2.24) is 5.43 Å². The van der Waals surface area contributed by atoms with E-state index in [9.17, 15) is 4.79 Å². The number of nitrogens with one attached hydrogen (secondary N) is 1. The van der Waals surface area contributed by atoms with E-state index < -0.39 is 0 Å². The zero-order valence-corrected chi connectivity index (χ0v) is 17.2. The lowest BCUT2D eigenvalue weighted by molar-refractivity contribution is -0.123. The Balaban J connectivity index is 1.56. The van der Waals surface area contributed by atoms with Crippen LogP contribution in [0, 0.1) is 0 Å². The van der Waals surface area contributed by atoms with Crippen LogP contribution >= 0.6 is 0 Å². The minimum atomic E-state index is -0.353. The molecule has 0 saturated carbocycles. The molecule has 154 valence electrons. The molecule has 6 heteroatoms. The first-order valence-electron chi connectivity index (χ1n) is 9.44. The van der Waals surface area contributed by atoms with Crippen LogP contribution in [0.1, 0.15) is 12.5 Å². The van der Waals surface area contributed by atoms with Crippen molar-refractivity contribution in [1.29, 1.82) is 0 Å².